The van der Waals surface area contributed by atoms with E-state index in [4.69, 9.17) is 4.74 Å². The van der Waals surface area contributed by atoms with Gasteiger partial charge >= 0.3 is 0 Å². The fourth-order valence-corrected chi connectivity index (χ4v) is 4.75. The van der Waals surface area contributed by atoms with Gasteiger partial charge in [-0.25, -0.2) is 8.42 Å². The molecule has 0 aromatic heterocycles. The van der Waals surface area contributed by atoms with Crippen LogP contribution in [-0.2, 0) is 10.0 Å². The molecule has 4 N–H and O–H groups in total. The highest BCUT2D eigenvalue weighted by Gasteiger charge is 2.28. The first-order valence-electron chi connectivity index (χ1n) is 12.3. The molecule has 8 nitrogen and oxygen atoms in total. The first-order chi connectivity index (χ1) is 16.6. The molecule has 9 heteroatoms. The molecular formula is C27H43N3O5S. The predicted octanol–water partition coefficient (Wildman–Crippen LogP) is 3.07. The molecule has 0 aliphatic heterocycles. The molecule has 0 radical (unpaired) electrons. The number of aliphatic hydroxyl groups excluding tert-OH is 2. The van der Waals surface area contributed by atoms with Crippen LogP contribution in [-0.4, -0.2) is 68.2 Å². The van der Waals surface area contributed by atoms with Gasteiger partial charge in [0.05, 0.1) is 23.2 Å². The zero-order chi connectivity index (χ0) is 27.1. The van der Waals surface area contributed by atoms with Crippen LogP contribution in [0.1, 0.15) is 47.1 Å². The molecule has 2 aromatic rings. The Labute approximate surface area is 216 Å². The van der Waals surface area contributed by atoms with Gasteiger partial charge in [0.1, 0.15) is 18.5 Å². The molecule has 0 aliphatic carbocycles. The summed E-state index contributed by atoms with van der Waals surface area (Å²) >= 11 is 0. The molecule has 2 atom stereocenters. The number of hydrogen-bond donors (Lipinski definition) is 4. The minimum absolute atomic E-state index is 0.102. The molecule has 0 saturated carbocycles. The number of sulfonamides is 1. The molecular weight excluding hydrogens is 478 g/mol. The lowest BCUT2D eigenvalue weighted by atomic mass is 10.1. The molecule has 0 fully saturated rings. The minimum Gasteiger partial charge on any atom is -0.491 e. The van der Waals surface area contributed by atoms with Gasteiger partial charge in [-0.15, -0.1) is 0 Å². The molecule has 0 unspecified atom stereocenters. The van der Waals surface area contributed by atoms with Crippen molar-refractivity contribution in [3.63, 3.8) is 0 Å². The normalized spacial score (nSPS) is 14.4. The van der Waals surface area contributed by atoms with E-state index in [9.17, 15) is 18.6 Å². The van der Waals surface area contributed by atoms with Crippen molar-refractivity contribution in [2.24, 2.45) is 0 Å². The largest absolute Gasteiger partial charge is 0.491 e. The van der Waals surface area contributed by atoms with Crippen molar-refractivity contribution in [3.05, 3.63) is 54.1 Å². The fourth-order valence-electron chi connectivity index (χ4n) is 3.24. The second-order valence-electron chi connectivity index (χ2n) is 11.2. The Balaban J connectivity index is 2.20. The van der Waals surface area contributed by atoms with Gasteiger partial charge in [0, 0.05) is 24.2 Å². The molecule has 2 rings (SSSR count). The number of anilines is 1. The number of hydrogen-bond acceptors (Lipinski definition) is 7. The highest BCUT2D eigenvalue weighted by Crippen LogP contribution is 2.26. The zero-order valence-corrected chi connectivity index (χ0v) is 23.4. The molecule has 0 heterocycles. The Morgan fingerprint density at radius 1 is 0.833 bits per heavy atom. The Morgan fingerprint density at radius 2 is 1.33 bits per heavy atom. The van der Waals surface area contributed by atoms with Gasteiger partial charge in [0.25, 0.3) is 10.0 Å². The Hall–Kier alpha value is -2.17. The van der Waals surface area contributed by atoms with E-state index in [1.54, 1.807) is 48.5 Å². The summed E-state index contributed by atoms with van der Waals surface area (Å²) in [7, 11) is -3.92. The first-order valence-corrected chi connectivity index (χ1v) is 13.7. The third kappa shape index (κ3) is 10.1. The van der Waals surface area contributed by atoms with Crippen molar-refractivity contribution >= 4 is 15.7 Å². The van der Waals surface area contributed by atoms with E-state index < -0.39 is 22.2 Å². The van der Waals surface area contributed by atoms with E-state index in [1.165, 1.54) is 4.31 Å². The highest BCUT2D eigenvalue weighted by atomic mass is 32.2. The van der Waals surface area contributed by atoms with E-state index in [1.807, 2.05) is 48.5 Å². The number of ether oxygens (including phenoxy) is 1. The number of nitrogens with one attached hydrogen (secondary N) is 2. The summed E-state index contributed by atoms with van der Waals surface area (Å²) in [4.78, 5) is 0.152. The van der Waals surface area contributed by atoms with Crippen LogP contribution in [0.4, 0.5) is 5.69 Å². The number of β-amino-alcohol motifs (C(OH)–C–C–N with tert-alkyl or cyclic N) is 2. The van der Waals surface area contributed by atoms with Gasteiger partial charge in [-0.05, 0) is 84.9 Å². The summed E-state index contributed by atoms with van der Waals surface area (Å²) in [6, 6.07) is 13.3. The van der Waals surface area contributed by atoms with Gasteiger partial charge in [-0.1, -0.05) is 17.7 Å². The molecule has 0 amide bonds. The van der Waals surface area contributed by atoms with Crippen molar-refractivity contribution in [1.82, 2.24) is 10.6 Å². The van der Waals surface area contributed by atoms with Gasteiger partial charge in [0.15, 0.2) is 0 Å². The molecule has 2 aromatic carbocycles. The molecule has 0 saturated heterocycles. The number of aryl methyl sites for hydroxylation is 1. The van der Waals surface area contributed by atoms with E-state index >= 15 is 0 Å². The van der Waals surface area contributed by atoms with Crippen LogP contribution >= 0.6 is 0 Å². The summed E-state index contributed by atoms with van der Waals surface area (Å²) in [5, 5.41) is 27.3. The Kier molecular flexibility index (Phi) is 10.3. The van der Waals surface area contributed by atoms with E-state index in [2.05, 4.69) is 10.6 Å². The number of rotatable bonds is 12. The first kappa shape index (κ1) is 30.1. The lowest BCUT2D eigenvalue weighted by Gasteiger charge is -2.29. The van der Waals surface area contributed by atoms with E-state index in [0.29, 0.717) is 18.0 Å². The van der Waals surface area contributed by atoms with Crippen molar-refractivity contribution < 1.29 is 23.4 Å². The summed E-state index contributed by atoms with van der Waals surface area (Å²) in [6.45, 7) is 14.5. The topological polar surface area (TPSA) is 111 Å². The molecule has 0 bridgehead atoms. The standard InChI is InChI=1S/C27H43N3O5S/c1-20-8-14-25(15-9-20)36(33,34)30(18-22(31)16-28-26(2,3)4)21-10-12-24(13-11-21)35-19-23(32)17-29-27(5,6)7/h8-15,22-23,28-29,31-32H,16-19H2,1-7H3/t22-,23-/m1/s1. The zero-order valence-electron chi connectivity index (χ0n) is 22.6. The third-order valence-electron chi connectivity index (χ3n) is 5.29. The molecule has 202 valence electrons. The quantitative estimate of drug-likeness (QED) is 0.340. The van der Waals surface area contributed by atoms with Crippen LogP contribution in [0.2, 0.25) is 0 Å². The van der Waals surface area contributed by atoms with Crippen molar-refractivity contribution in [2.75, 3.05) is 30.5 Å². The fraction of sp³-hybridized carbons (Fsp3) is 0.556. The monoisotopic (exact) mass is 521 g/mol. The SMILES string of the molecule is Cc1ccc(S(=O)(=O)N(C[C@H](O)CNC(C)(C)C)c2ccc(OC[C@H](O)CNC(C)(C)C)cc2)cc1. The van der Waals surface area contributed by atoms with Crippen molar-refractivity contribution in [1.29, 1.82) is 0 Å². The van der Waals surface area contributed by atoms with Crippen LogP contribution in [0, 0.1) is 6.92 Å². The average Bonchev–Trinajstić information content (AvgIpc) is 2.78. The van der Waals surface area contributed by atoms with Crippen molar-refractivity contribution in [2.45, 2.75) is 76.6 Å². The third-order valence-corrected chi connectivity index (χ3v) is 7.10. The number of nitrogens with zero attached hydrogens (tertiary/aromatic N) is 1. The maximum atomic E-state index is 13.6. The second-order valence-corrected chi connectivity index (χ2v) is 13.1. The highest BCUT2D eigenvalue weighted by molar-refractivity contribution is 7.92. The van der Waals surface area contributed by atoms with Crippen LogP contribution in [0.15, 0.2) is 53.4 Å². The second kappa shape index (κ2) is 12.4. The van der Waals surface area contributed by atoms with E-state index in [-0.39, 0.29) is 35.7 Å². The lowest BCUT2D eigenvalue weighted by molar-refractivity contribution is 0.100. The van der Waals surface area contributed by atoms with E-state index in [0.717, 1.165) is 5.56 Å². The predicted molar refractivity (Wildman–Crippen MR) is 145 cm³/mol. The summed E-state index contributed by atoms with van der Waals surface area (Å²) in [5.74, 6) is 0.510. The van der Waals surface area contributed by atoms with Crippen LogP contribution in [0.5, 0.6) is 5.75 Å². The van der Waals surface area contributed by atoms with Gasteiger partial charge in [0.2, 0.25) is 0 Å². The maximum Gasteiger partial charge on any atom is 0.264 e. The lowest BCUT2D eigenvalue weighted by Crippen LogP contribution is -2.46. The summed E-state index contributed by atoms with van der Waals surface area (Å²) in [5.41, 5.74) is 1.04. The molecule has 0 aliphatic rings. The Bertz CT molecular complexity index is 1040. The van der Waals surface area contributed by atoms with Gasteiger partial charge in [-0.2, -0.15) is 0 Å². The van der Waals surface area contributed by atoms with Crippen molar-refractivity contribution in [3.8, 4) is 5.75 Å². The summed E-state index contributed by atoms with van der Waals surface area (Å²) in [6.07, 6.45) is -1.61. The minimum atomic E-state index is -3.92. The molecule has 36 heavy (non-hydrogen) atoms. The molecule has 0 spiro atoms. The number of benzene rings is 2. The Morgan fingerprint density at radius 3 is 1.83 bits per heavy atom. The maximum absolute atomic E-state index is 13.6. The van der Waals surface area contributed by atoms with Crippen LogP contribution in [0.3, 0.4) is 0 Å². The summed E-state index contributed by atoms with van der Waals surface area (Å²) < 4.78 is 34.0. The van der Waals surface area contributed by atoms with Gasteiger partial charge < -0.3 is 25.6 Å². The average molecular weight is 522 g/mol. The number of aliphatic hydroxyl groups is 2. The van der Waals surface area contributed by atoms with Crippen LogP contribution < -0.4 is 19.7 Å². The van der Waals surface area contributed by atoms with Gasteiger partial charge in [-0.3, -0.25) is 4.31 Å². The van der Waals surface area contributed by atoms with Crippen LogP contribution in [0.25, 0.3) is 0 Å². The smallest absolute Gasteiger partial charge is 0.264 e.